The molecule has 1 aromatic heterocycles. The molecule has 1 N–H and O–H groups in total. The Morgan fingerprint density at radius 3 is 2.63 bits per heavy atom. The zero-order chi connectivity index (χ0) is 13.2. The van der Waals surface area contributed by atoms with Crippen molar-refractivity contribution in [3.63, 3.8) is 0 Å². The first kappa shape index (κ1) is 11.5. The van der Waals surface area contributed by atoms with Gasteiger partial charge in [-0.25, -0.2) is 4.99 Å². The minimum absolute atomic E-state index is 0.215. The van der Waals surface area contributed by atoms with E-state index in [0.717, 1.165) is 11.3 Å². The quantitative estimate of drug-likeness (QED) is 0.835. The smallest absolute Gasteiger partial charge is 0.275 e. The fourth-order valence-corrected chi connectivity index (χ4v) is 1.87. The Labute approximate surface area is 110 Å². The molecule has 0 saturated heterocycles. The summed E-state index contributed by atoms with van der Waals surface area (Å²) >= 11 is 0. The third kappa shape index (κ3) is 2.33. The molecule has 3 rings (SSSR count). The number of benzene rings is 1. The molecule has 4 heteroatoms. The molecule has 1 aliphatic rings. The molecule has 0 radical (unpaired) electrons. The van der Waals surface area contributed by atoms with E-state index in [2.05, 4.69) is 10.3 Å². The van der Waals surface area contributed by atoms with Crippen molar-refractivity contribution in [2.75, 3.05) is 0 Å². The van der Waals surface area contributed by atoms with Crippen LogP contribution in [0.5, 0.6) is 0 Å². The highest BCUT2D eigenvalue weighted by Crippen LogP contribution is 2.16. The molecule has 0 aliphatic carbocycles. The van der Waals surface area contributed by atoms with Gasteiger partial charge in [-0.2, -0.15) is 0 Å². The highest BCUT2D eigenvalue weighted by molar-refractivity contribution is 6.19. The predicted octanol–water partition coefficient (Wildman–Crippen LogP) is 2.51. The maximum Gasteiger partial charge on any atom is 0.275 e. The van der Waals surface area contributed by atoms with E-state index < -0.39 is 0 Å². The third-order valence-electron chi connectivity index (χ3n) is 2.78. The second-order valence-electron chi connectivity index (χ2n) is 4.26. The molecule has 0 bridgehead atoms. The minimum Gasteiger partial charge on any atom is -0.462 e. The number of nitrogens with one attached hydrogen (secondary N) is 1. The second-order valence-corrected chi connectivity index (χ2v) is 4.26. The molecule has 2 aromatic rings. The van der Waals surface area contributed by atoms with E-state index >= 15 is 0 Å². The molecule has 0 atom stereocenters. The number of furan rings is 1. The monoisotopic (exact) mass is 252 g/mol. The molecule has 4 nitrogen and oxygen atoms in total. The second kappa shape index (κ2) is 4.57. The largest absolute Gasteiger partial charge is 0.462 e. The van der Waals surface area contributed by atoms with Gasteiger partial charge < -0.3 is 9.73 Å². The van der Waals surface area contributed by atoms with Crippen molar-refractivity contribution in [2.45, 2.75) is 6.92 Å². The van der Waals surface area contributed by atoms with Gasteiger partial charge >= 0.3 is 0 Å². The number of hydrogen-bond acceptors (Lipinski definition) is 3. The van der Waals surface area contributed by atoms with E-state index in [9.17, 15) is 4.79 Å². The van der Waals surface area contributed by atoms with Crippen LogP contribution in [-0.2, 0) is 4.79 Å². The van der Waals surface area contributed by atoms with Crippen LogP contribution in [0.1, 0.15) is 17.1 Å². The van der Waals surface area contributed by atoms with E-state index in [4.69, 9.17) is 4.42 Å². The van der Waals surface area contributed by atoms with E-state index in [-0.39, 0.29) is 5.91 Å². The standard InChI is InChI=1S/C15H12N2O2/c1-10-7-8-12(19-10)9-13-15(18)17-14(16-13)11-5-3-2-4-6-11/h2-9H,1H3,(H,16,17,18). The molecule has 0 spiro atoms. The number of aliphatic imine (C=N–C) groups is 1. The third-order valence-corrected chi connectivity index (χ3v) is 2.78. The summed E-state index contributed by atoms with van der Waals surface area (Å²) < 4.78 is 5.41. The van der Waals surface area contributed by atoms with Crippen LogP contribution >= 0.6 is 0 Å². The van der Waals surface area contributed by atoms with Gasteiger partial charge in [-0.3, -0.25) is 4.79 Å². The van der Waals surface area contributed by atoms with Crippen molar-refractivity contribution in [2.24, 2.45) is 4.99 Å². The Balaban J connectivity index is 1.94. The Hall–Kier alpha value is -2.62. The Bertz CT molecular complexity index is 681. The van der Waals surface area contributed by atoms with Gasteiger partial charge in [-0.15, -0.1) is 0 Å². The molecule has 19 heavy (non-hydrogen) atoms. The van der Waals surface area contributed by atoms with Crippen LogP contribution in [0.15, 0.2) is 57.6 Å². The summed E-state index contributed by atoms with van der Waals surface area (Å²) in [5.74, 6) is 1.78. The molecular formula is C15H12N2O2. The van der Waals surface area contributed by atoms with Crippen LogP contribution in [-0.4, -0.2) is 11.7 Å². The van der Waals surface area contributed by atoms with Crippen LogP contribution in [0.4, 0.5) is 0 Å². The zero-order valence-corrected chi connectivity index (χ0v) is 10.4. The molecule has 1 aliphatic heterocycles. The normalized spacial score (nSPS) is 16.6. The van der Waals surface area contributed by atoms with E-state index in [1.165, 1.54) is 0 Å². The Kier molecular flexibility index (Phi) is 2.76. The summed E-state index contributed by atoms with van der Waals surface area (Å²) in [5, 5.41) is 2.75. The summed E-state index contributed by atoms with van der Waals surface area (Å²) in [5.41, 5.74) is 1.24. The van der Waals surface area contributed by atoms with Gasteiger partial charge in [0.1, 0.15) is 23.1 Å². The summed E-state index contributed by atoms with van der Waals surface area (Å²) in [4.78, 5) is 16.1. The van der Waals surface area contributed by atoms with E-state index in [0.29, 0.717) is 17.3 Å². The summed E-state index contributed by atoms with van der Waals surface area (Å²) in [6.45, 7) is 1.86. The number of rotatable bonds is 2. The number of carbonyl (C=O) groups excluding carboxylic acids is 1. The lowest BCUT2D eigenvalue weighted by atomic mass is 10.2. The van der Waals surface area contributed by atoms with E-state index in [1.54, 1.807) is 6.08 Å². The fourth-order valence-electron chi connectivity index (χ4n) is 1.87. The maximum atomic E-state index is 11.8. The van der Waals surface area contributed by atoms with Crippen molar-refractivity contribution in [3.8, 4) is 0 Å². The van der Waals surface area contributed by atoms with Crippen molar-refractivity contribution in [1.82, 2.24) is 5.32 Å². The first-order valence-corrected chi connectivity index (χ1v) is 5.96. The van der Waals surface area contributed by atoms with Crippen LogP contribution in [0.3, 0.4) is 0 Å². The Morgan fingerprint density at radius 2 is 1.95 bits per heavy atom. The number of aryl methyl sites for hydroxylation is 1. The van der Waals surface area contributed by atoms with Crippen LogP contribution in [0.25, 0.3) is 6.08 Å². The minimum atomic E-state index is -0.215. The molecular weight excluding hydrogens is 240 g/mol. The van der Waals surface area contributed by atoms with Crippen molar-refractivity contribution in [1.29, 1.82) is 0 Å². The molecule has 2 heterocycles. The van der Waals surface area contributed by atoms with Gasteiger partial charge in [-0.05, 0) is 19.1 Å². The lowest BCUT2D eigenvalue weighted by Gasteiger charge is -1.98. The van der Waals surface area contributed by atoms with Crippen molar-refractivity contribution >= 4 is 17.8 Å². The van der Waals surface area contributed by atoms with Crippen LogP contribution in [0, 0.1) is 6.92 Å². The SMILES string of the molecule is Cc1ccc(C=C2N=C(c3ccccc3)NC2=O)o1. The average molecular weight is 252 g/mol. The van der Waals surface area contributed by atoms with Crippen LogP contribution in [0.2, 0.25) is 0 Å². The lowest BCUT2D eigenvalue weighted by molar-refractivity contribution is -0.115. The number of amides is 1. The maximum absolute atomic E-state index is 11.8. The topological polar surface area (TPSA) is 54.6 Å². The summed E-state index contributed by atoms with van der Waals surface area (Å²) in [6, 6.07) is 13.2. The summed E-state index contributed by atoms with van der Waals surface area (Å²) in [7, 11) is 0. The first-order chi connectivity index (χ1) is 9.22. The van der Waals surface area contributed by atoms with Gasteiger partial charge in [0.25, 0.3) is 5.91 Å². The molecule has 94 valence electrons. The van der Waals surface area contributed by atoms with Crippen molar-refractivity contribution < 1.29 is 9.21 Å². The lowest BCUT2D eigenvalue weighted by Crippen LogP contribution is -2.24. The molecule has 1 aromatic carbocycles. The number of carbonyl (C=O) groups is 1. The highest BCUT2D eigenvalue weighted by atomic mass is 16.3. The zero-order valence-electron chi connectivity index (χ0n) is 10.4. The number of nitrogens with zero attached hydrogens (tertiary/aromatic N) is 1. The van der Waals surface area contributed by atoms with Crippen LogP contribution < -0.4 is 5.32 Å². The average Bonchev–Trinajstić information content (AvgIpc) is 2.98. The molecule has 0 saturated carbocycles. The Morgan fingerprint density at radius 1 is 1.16 bits per heavy atom. The molecule has 1 amide bonds. The van der Waals surface area contributed by atoms with Gasteiger partial charge in [0.2, 0.25) is 0 Å². The first-order valence-electron chi connectivity index (χ1n) is 5.96. The van der Waals surface area contributed by atoms with Gasteiger partial charge in [0.05, 0.1) is 0 Å². The summed E-state index contributed by atoms with van der Waals surface area (Å²) in [6.07, 6.45) is 1.64. The number of hydrogen-bond donors (Lipinski definition) is 1. The predicted molar refractivity (Wildman–Crippen MR) is 72.5 cm³/mol. The molecule has 0 fully saturated rings. The highest BCUT2D eigenvalue weighted by Gasteiger charge is 2.21. The number of amidine groups is 1. The van der Waals surface area contributed by atoms with Gasteiger partial charge in [0.15, 0.2) is 0 Å². The van der Waals surface area contributed by atoms with Crippen molar-refractivity contribution in [3.05, 3.63) is 65.2 Å². The van der Waals surface area contributed by atoms with Gasteiger partial charge in [-0.1, -0.05) is 30.3 Å². The fraction of sp³-hybridized carbons (Fsp3) is 0.0667. The van der Waals surface area contributed by atoms with Gasteiger partial charge in [0, 0.05) is 11.6 Å². The van der Waals surface area contributed by atoms with E-state index in [1.807, 2.05) is 49.4 Å². The molecule has 0 unspecified atom stereocenters.